The van der Waals surface area contributed by atoms with Gasteiger partial charge in [-0.1, -0.05) is 48.0 Å². The fourth-order valence-corrected chi connectivity index (χ4v) is 2.07. The van der Waals surface area contributed by atoms with Crippen LogP contribution < -0.4 is 10.1 Å². The summed E-state index contributed by atoms with van der Waals surface area (Å²) in [5, 5.41) is 3.52. The molecule has 0 saturated carbocycles. The molecule has 1 atom stereocenters. The quantitative estimate of drug-likeness (QED) is 0.764. The van der Waals surface area contributed by atoms with Crippen LogP contribution in [0.3, 0.4) is 0 Å². The third kappa shape index (κ3) is 4.71. The summed E-state index contributed by atoms with van der Waals surface area (Å²) in [6, 6.07) is 19.0. The predicted octanol–water partition coefficient (Wildman–Crippen LogP) is 4.11. The topological polar surface area (TPSA) is 21.3 Å². The van der Waals surface area contributed by atoms with Gasteiger partial charge in [0.15, 0.2) is 0 Å². The molecule has 0 heterocycles. The minimum Gasteiger partial charge on any atom is -0.494 e. The van der Waals surface area contributed by atoms with E-state index in [0.29, 0.717) is 6.04 Å². The Morgan fingerprint density at radius 3 is 2.40 bits per heavy atom. The molecule has 0 radical (unpaired) electrons. The van der Waals surface area contributed by atoms with Crippen LogP contribution in [-0.4, -0.2) is 13.2 Å². The van der Waals surface area contributed by atoms with Crippen molar-refractivity contribution in [2.24, 2.45) is 0 Å². The Balaban J connectivity index is 1.64. The molecule has 0 spiro atoms. The summed E-state index contributed by atoms with van der Waals surface area (Å²) < 4.78 is 5.67. The molecule has 0 fully saturated rings. The molecule has 0 aromatic heterocycles. The second kappa shape index (κ2) is 7.71. The van der Waals surface area contributed by atoms with Gasteiger partial charge in [-0.2, -0.15) is 0 Å². The molecule has 2 aromatic carbocycles. The lowest BCUT2D eigenvalue weighted by molar-refractivity contribution is 0.305. The molecule has 2 rings (SSSR count). The van der Waals surface area contributed by atoms with Crippen molar-refractivity contribution in [2.75, 3.05) is 13.2 Å². The maximum atomic E-state index is 5.67. The second-order valence-corrected chi connectivity index (χ2v) is 5.10. The molecule has 0 amide bonds. The number of rotatable bonds is 7. The van der Waals surface area contributed by atoms with Crippen molar-refractivity contribution in [1.29, 1.82) is 0 Å². The molecule has 2 aromatic rings. The number of benzene rings is 2. The molecule has 0 aliphatic rings. The molecular formula is C18H23NO. The Labute approximate surface area is 121 Å². The summed E-state index contributed by atoms with van der Waals surface area (Å²) in [4.78, 5) is 0. The zero-order chi connectivity index (χ0) is 14.2. The van der Waals surface area contributed by atoms with Gasteiger partial charge in [0.25, 0.3) is 0 Å². The molecule has 0 aliphatic heterocycles. The lowest BCUT2D eigenvalue weighted by atomic mass is 10.1. The molecule has 106 valence electrons. The van der Waals surface area contributed by atoms with Crippen molar-refractivity contribution in [3.63, 3.8) is 0 Å². The lowest BCUT2D eigenvalue weighted by Gasteiger charge is -2.14. The number of para-hydroxylation sites is 1. The van der Waals surface area contributed by atoms with Gasteiger partial charge in [-0.15, -0.1) is 0 Å². The Morgan fingerprint density at radius 1 is 1.00 bits per heavy atom. The van der Waals surface area contributed by atoms with Gasteiger partial charge in [0.2, 0.25) is 0 Å². The lowest BCUT2D eigenvalue weighted by Crippen LogP contribution is -2.21. The smallest absolute Gasteiger partial charge is 0.119 e. The first-order valence-electron chi connectivity index (χ1n) is 7.23. The summed E-state index contributed by atoms with van der Waals surface area (Å²) in [5.41, 5.74) is 2.64. The highest BCUT2D eigenvalue weighted by Gasteiger charge is 2.03. The molecule has 2 heteroatoms. The van der Waals surface area contributed by atoms with Crippen molar-refractivity contribution < 1.29 is 4.74 Å². The fourth-order valence-electron chi connectivity index (χ4n) is 2.07. The van der Waals surface area contributed by atoms with Gasteiger partial charge in [-0.25, -0.2) is 0 Å². The van der Waals surface area contributed by atoms with Gasteiger partial charge >= 0.3 is 0 Å². The Morgan fingerprint density at radius 2 is 1.70 bits per heavy atom. The molecule has 0 aliphatic carbocycles. The molecule has 0 bridgehead atoms. The minimum atomic E-state index is 0.382. The SMILES string of the molecule is Cc1ccc([C@H](C)NCCCOc2ccccc2)cc1. The Kier molecular flexibility index (Phi) is 5.63. The molecule has 0 saturated heterocycles. The largest absolute Gasteiger partial charge is 0.494 e. The van der Waals surface area contributed by atoms with Crippen LogP contribution in [0.1, 0.15) is 30.5 Å². The fraction of sp³-hybridized carbons (Fsp3) is 0.333. The van der Waals surface area contributed by atoms with Crippen LogP contribution in [-0.2, 0) is 0 Å². The van der Waals surface area contributed by atoms with Crippen molar-refractivity contribution in [1.82, 2.24) is 5.32 Å². The number of ether oxygens (including phenoxy) is 1. The van der Waals surface area contributed by atoms with E-state index >= 15 is 0 Å². The minimum absolute atomic E-state index is 0.382. The Hall–Kier alpha value is -1.80. The van der Waals surface area contributed by atoms with E-state index in [1.165, 1.54) is 11.1 Å². The van der Waals surface area contributed by atoms with E-state index in [1.807, 2.05) is 30.3 Å². The van der Waals surface area contributed by atoms with Crippen molar-refractivity contribution in [3.8, 4) is 5.75 Å². The Bertz CT molecular complexity index is 493. The van der Waals surface area contributed by atoms with Crippen molar-refractivity contribution in [2.45, 2.75) is 26.3 Å². The number of aryl methyl sites for hydroxylation is 1. The standard InChI is InChI=1S/C18H23NO/c1-15-9-11-17(12-10-15)16(2)19-13-6-14-20-18-7-4-3-5-8-18/h3-5,7-12,16,19H,6,13-14H2,1-2H3/t16-/m0/s1. The average Bonchev–Trinajstić information content (AvgIpc) is 2.48. The predicted molar refractivity (Wildman–Crippen MR) is 84.2 cm³/mol. The molecular weight excluding hydrogens is 246 g/mol. The van der Waals surface area contributed by atoms with Gasteiger partial charge in [-0.3, -0.25) is 0 Å². The monoisotopic (exact) mass is 269 g/mol. The van der Waals surface area contributed by atoms with E-state index in [9.17, 15) is 0 Å². The normalized spacial score (nSPS) is 12.1. The van der Waals surface area contributed by atoms with E-state index in [1.54, 1.807) is 0 Å². The summed E-state index contributed by atoms with van der Waals surface area (Å²) in [6.07, 6.45) is 1.01. The van der Waals surface area contributed by atoms with Crippen LogP contribution in [0.15, 0.2) is 54.6 Å². The third-order valence-corrected chi connectivity index (χ3v) is 3.36. The second-order valence-electron chi connectivity index (χ2n) is 5.10. The highest BCUT2D eigenvalue weighted by Crippen LogP contribution is 2.13. The third-order valence-electron chi connectivity index (χ3n) is 3.36. The number of nitrogens with one attached hydrogen (secondary N) is 1. The summed E-state index contributed by atoms with van der Waals surface area (Å²) in [5.74, 6) is 0.944. The zero-order valence-corrected chi connectivity index (χ0v) is 12.3. The van der Waals surface area contributed by atoms with E-state index in [2.05, 4.69) is 43.4 Å². The van der Waals surface area contributed by atoms with Crippen molar-refractivity contribution in [3.05, 3.63) is 65.7 Å². The number of hydrogen-bond acceptors (Lipinski definition) is 2. The number of hydrogen-bond donors (Lipinski definition) is 1. The summed E-state index contributed by atoms with van der Waals surface area (Å²) >= 11 is 0. The molecule has 20 heavy (non-hydrogen) atoms. The maximum absolute atomic E-state index is 5.67. The first-order chi connectivity index (χ1) is 9.75. The van der Waals surface area contributed by atoms with E-state index in [0.717, 1.165) is 25.3 Å². The van der Waals surface area contributed by atoms with Crippen LogP contribution in [0.5, 0.6) is 5.75 Å². The van der Waals surface area contributed by atoms with E-state index in [-0.39, 0.29) is 0 Å². The van der Waals surface area contributed by atoms with Crippen LogP contribution in [0, 0.1) is 6.92 Å². The maximum Gasteiger partial charge on any atom is 0.119 e. The van der Waals surface area contributed by atoms with E-state index < -0.39 is 0 Å². The highest BCUT2D eigenvalue weighted by atomic mass is 16.5. The first-order valence-corrected chi connectivity index (χ1v) is 7.23. The van der Waals surface area contributed by atoms with Crippen LogP contribution in [0.4, 0.5) is 0 Å². The van der Waals surface area contributed by atoms with Crippen LogP contribution in [0.25, 0.3) is 0 Å². The zero-order valence-electron chi connectivity index (χ0n) is 12.3. The van der Waals surface area contributed by atoms with E-state index in [4.69, 9.17) is 4.74 Å². The van der Waals surface area contributed by atoms with Gasteiger partial charge < -0.3 is 10.1 Å². The first kappa shape index (κ1) is 14.6. The summed E-state index contributed by atoms with van der Waals surface area (Å²) in [7, 11) is 0. The summed E-state index contributed by atoms with van der Waals surface area (Å²) in [6.45, 7) is 6.02. The van der Waals surface area contributed by atoms with Gasteiger partial charge in [0.05, 0.1) is 6.61 Å². The van der Waals surface area contributed by atoms with Crippen LogP contribution >= 0.6 is 0 Å². The van der Waals surface area contributed by atoms with Crippen LogP contribution in [0.2, 0.25) is 0 Å². The average molecular weight is 269 g/mol. The van der Waals surface area contributed by atoms with Gasteiger partial charge in [-0.05, 0) is 44.5 Å². The van der Waals surface area contributed by atoms with Gasteiger partial charge in [0, 0.05) is 6.04 Å². The highest BCUT2D eigenvalue weighted by molar-refractivity contribution is 5.23. The molecule has 0 unspecified atom stereocenters. The van der Waals surface area contributed by atoms with Crippen molar-refractivity contribution >= 4 is 0 Å². The molecule has 1 N–H and O–H groups in total. The van der Waals surface area contributed by atoms with Gasteiger partial charge in [0.1, 0.15) is 5.75 Å². The molecule has 2 nitrogen and oxygen atoms in total.